The lowest BCUT2D eigenvalue weighted by molar-refractivity contribution is -0.230. The fourth-order valence-corrected chi connectivity index (χ4v) is 5.38. The molecule has 0 saturated heterocycles. The van der Waals surface area contributed by atoms with Crippen LogP contribution in [0.2, 0.25) is 0 Å². The van der Waals surface area contributed by atoms with Gasteiger partial charge in [0.2, 0.25) is 0 Å². The largest absolute Gasteiger partial charge is 0.351 e. The van der Waals surface area contributed by atoms with E-state index in [0.717, 1.165) is 0 Å². The zero-order valence-electron chi connectivity index (χ0n) is 22.7. The van der Waals surface area contributed by atoms with Gasteiger partial charge in [0.1, 0.15) is 11.2 Å². The molecule has 8 N–H and O–H groups in total. The van der Waals surface area contributed by atoms with E-state index < -0.39 is 46.4 Å². The van der Waals surface area contributed by atoms with E-state index in [1.165, 1.54) is 0 Å². The first-order chi connectivity index (χ1) is 16.5. The summed E-state index contributed by atoms with van der Waals surface area (Å²) in [4.78, 5) is 54.1. The van der Waals surface area contributed by atoms with E-state index in [4.69, 9.17) is 27.7 Å². The zero-order valence-corrected chi connectivity index (χ0v) is 22.7. The van der Waals surface area contributed by atoms with Crippen LogP contribution >= 0.6 is 0 Å². The number of carbonyl (C=O) groups excluding carboxylic acids is 4. The zero-order chi connectivity index (χ0) is 27.4. The summed E-state index contributed by atoms with van der Waals surface area (Å²) in [5.74, 6) is -4.49. The lowest BCUT2D eigenvalue weighted by Gasteiger charge is -2.52. The number of rotatable bonds is 20. The molecule has 0 rings (SSSR count). The number of hydrogen-bond donors (Lipinski definition) is 4. The van der Waals surface area contributed by atoms with Crippen molar-refractivity contribution in [2.24, 2.45) is 46.6 Å². The predicted octanol–water partition coefficient (Wildman–Crippen LogP) is 1.52. The maximum absolute atomic E-state index is 13.8. The smallest absolute Gasteiger partial charge is 0.179 e. The maximum Gasteiger partial charge on any atom is 0.179 e. The van der Waals surface area contributed by atoms with E-state index >= 15 is 0 Å². The summed E-state index contributed by atoms with van der Waals surface area (Å²) < 4.78 is 6.90. The van der Waals surface area contributed by atoms with Gasteiger partial charge in [-0.05, 0) is 24.7 Å². The monoisotopic (exact) mass is 498 g/mol. The Kier molecular flexibility index (Phi) is 14.9. The number of hydrogen-bond acceptors (Lipinski definition) is 9. The highest BCUT2D eigenvalue weighted by atomic mass is 16.5. The van der Waals surface area contributed by atoms with E-state index in [2.05, 4.69) is 0 Å². The second-order valence-corrected chi connectivity index (χ2v) is 9.58. The van der Waals surface area contributed by atoms with Gasteiger partial charge in [0.05, 0.1) is 38.0 Å². The highest BCUT2D eigenvalue weighted by Gasteiger charge is 2.61. The van der Waals surface area contributed by atoms with Gasteiger partial charge in [0, 0.05) is 0 Å². The summed E-state index contributed by atoms with van der Waals surface area (Å²) in [6.45, 7) is 9.84. The minimum Gasteiger partial charge on any atom is -0.351 e. The molecule has 0 aromatic heterocycles. The van der Waals surface area contributed by atoms with Gasteiger partial charge in [-0.3, -0.25) is 19.2 Å². The van der Waals surface area contributed by atoms with E-state index in [9.17, 15) is 19.2 Å². The Morgan fingerprint density at radius 3 is 1.14 bits per heavy atom. The third-order valence-electron chi connectivity index (χ3n) is 7.64. The molecule has 6 atom stereocenters. The fourth-order valence-electron chi connectivity index (χ4n) is 5.38. The summed E-state index contributed by atoms with van der Waals surface area (Å²) >= 11 is 0. The first-order valence-electron chi connectivity index (χ1n) is 13.1. The Balaban J connectivity index is 7.73. The number of Topliss-reactive ketones (excluding diaryl/α,β-unsaturated/α-hetero) is 4. The van der Waals surface area contributed by atoms with Gasteiger partial charge in [-0.25, -0.2) is 0 Å². The molecular formula is C26H50N4O5. The van der Waals surface area contributed by atoms with Gasteiger partial charge in [-0.15, -0.1) is 0 Å². The van der Waals surface area contributed by atoms with E-state index in [0.29, 0.717) is 38.5 Å². The topological polar surface area (TPSA) is 182 Å². The molecule has 0 radical (unpaired) electrons. The Bertz CT molecular complexity index is 658. The third-order valence-corrected chi connectivity index (χ3v) is 7.64. The van der Waals surface area contributed by atoms with Crippen LogP contribution in [0.4, 0.5) is 0 Å². The van der Waals surface area contributed by atoms with Crippen molar-refractivity contribution in [3.63, 3.8) is 0 Å². The van der Waals surface area contributed by atoms with Gasteiger partial charge in [0.25, 0.3) is 0 Å². The van der Waals surface area contributed by atoms with Crippen molar-refractivity contribution in [2.75, 3.05) is 26.2 Å². The molecule has 0 aliphatic rings. The van der Waals surface area contributed by atoms with Crippen molar-refractivity contribution in [1.82, 2.24) is 0 Å². The average molecular weight is 499 g/mol. The fraction of sp³-hybridized carbons (Fsp3) is 0.846. The second kappa shape index (κ2) is 15.6. The Morgan fingerprint density at radius 1 is 0.629 bits per heavy atom. The highest BCUT2D eigenvalue weighted by molar-refractivity contribution is 6.00. The van der Waals surface area contributed by atoms with Crippen molar-refractivity contribution in [3.05, 3.63) is 0 Å². The van der Waals surface area contributed by atoms with Gasteiger partial charge in [-0.1, -0.05) is 67.2 Å². The van der Waals surface area contributed by atoms with Crippen LogP contribution in [0.1, 0.15) is 80.1 Å². The molecule has 0 aliphatic carbocycles. The summed E-state index contributed by atoms with van der Waals surface area (Å²) in [6.07, 6.45) is 2.75. The normalized spacial score (nSPS) is 18.6. The Labute approximate surface area is 211 Å². The molecule has 0 aromatic rings. The standard InChI is InChI=1S/C26H50N4O5/c1-7-11-19(21(31)13-27)25(17(5)9-3,23(33)15-29)35-26(18(6)10-4,24(34)16-30)20(12-8-2)22(32)14-28/h17-20H,7-16,27-30H2,1-6H3. The van der Waals surface area contributed by atoms with Crippen molar-refractivity contribution >= 4 is 23.1 Å². The highest BCUT2D eigenvalue weighted by Crippen LogP contribution is 2.47. The van der Waals surface area contributed by atoms with Crippen LogP contribution in [0, 0.1) is 23.7 Å². The minimum absolute atomic E-state index is 0.286. The lowest BCUT2D eigenvalue weighted by Crippen LogP contribution is -2.68. The molecule has 0 amide bonds. The van der Waals surface area contributed by atoms with Crippen LogP contribution in [-0.4, -0.2) is 60.5 Å². The molecule has 0 fully saturated rings. The van der Waals surface area contributed by atoms with Crippen LogP contribution < -0.4 is 22.9 Å². The molecule has 0 heterocycles. The number of nitrogens with two attached hydrogens (primary N) is 4. The average Bonchev–Trinajstić information content (AvgIpc) is 2.89. The molecule has 6 unspecified atom stereocenters. The van der Waals surface area contributed by atoms with Crippen LogP contribution in [0.5, 0.6) is 0 Å². The lowest BCUT2D eigenvalue weighted by atomic mass is 9.65. The first-order valence-corrected chi connectivity index (χ1v) is 13.1. The molecule has 0 spiro atoms. The van der Waals surface area contributed by atoms with E-state index in [1.54, 1.807) is 0 Å². The van der Waals surface area contributed by atoms with E-state index in [-0.39, 0.29) is 37.7 Å². The number of ketones is 4. The molecule has 0 aromatic carbocycles. The predicted molar refractivity (Wildman–Crippen MR) is 138 cm³/mol. The van der Waals surface area contributed by atoms with Crippen LogP contribution in [-0.2, 0) is 23.9 Å². The van der Waals surface area contributed by atoms with E-state index in [1.807, 2.05) is 41.5 Å². The number of carbonyl (C=O) groups is 4. The van der Waals surface area contributed by atoms with Crippen molar-refractivity contribution in [1.29, 1.82) is 0 Å². The number of ether oxygens (including phenoxy) is 1. The molecule has 0 aliphatic heterocycles. The molecule has 204 valence electrons. The van der Waals surface area contributed by atoms with Crippen LogP contribution in [0.25, 0.3) is 0 Å². The first kappa shape index (κ1) is 33.5. The summed E-state index contributed by atoms with van der Waals surface area (Å²) in [5.41, 5.74) is 19.9. The summed E-state index contributed by atoms with van der Waals surface area (Å²) in [5, 5.41) is 0. The van der Waals surface area contributed by atoms with Gasteiger partial charge in [-0.2, -0.15) is 0 Å². The van der Waals surface area contributed by atoms with Gasteiger partial charge >= 0.3 is 0 Å². The molecule has 0 saturated carbocycles. The molecule has 9 nitrogen and oxygen atoms in total. The molecule has 0 bridgehead atoms. The Morgan fingerprint density at radius 2 is 0.943 bits per heavy atom. The summed E-state index contributed by atoms with van der Waals surface area (Å²) in [6, 6.07) is 0. The molecule has 35 heavy (non-hydrogen) atoms. The van der Waals surface area contributed by atoms with Gasteiger partial charge in [0.15, 0.2) is 23.1 Å². The Hall–Kier alpha value is -1.52. The second-order valence-electron chi connectivity index (χ2n) is 9.58. The SMILES string of the molecule is CCCC(C(=O)CN)C(OC(C(=O)CN)(C(C)CC)C(CCC)C(=O)CN)(C(=O)CN)C(C)CC. The molecular weight excluding hydrogens is 448 g/mol. The summed E-state index contributed by atoms with van der Waals surface area (Å²) in [7, 11) is 0. The van der Waals surface area contributed by atoms with Crippen LogP contribution in [0.15, 0.2) is 0 Å². The molecule has 9 heteroatoms. The van der Waals surface area contributed by atoms with Gasteiger partial charge < -0.3 is 27.7 Å². The van der Waals surface area contributed by atoms with Crippen molar-refractivity contribution < 1.29 is 23.9 Å². The third kappa shape index (κ3) is 6.83. The maximum atomic E-state index is 13.8. The quantitative estimate of drug-likeness (QED) is 0.193. The van der Waals surface area contributed by atoms with Crippen molar-refractivity contribution in [3.8, 4) is 0 Å². The van der Waals surface area contributed by atoms with Crippen molar-refractivity contribution in [2.45, 2.75) is 91.3 Å². The minimum atomic E-state index is -1.74. The van der Waals surface area contributed by atoms with Crippen LogP contribution in [0.3, 0.4) is 0 Å².